The van der Waals surface area contributed by atoms with E-state index in [0.29, 0.717) is 5.02 Å². The number of hydrogen-bond acceptors (Lipinski definition) is 1. The molecule has 0 radical (unpaired) electrons. The lowest BCUT2D eigenvalue weighted by molar-refractivity contribution is 1.19. The van der Waals surface area contributed by atoms with Gasteiger partial charge in [-0.05, 0) is 28.1 Å². The summed E-state index contributed by atoms with van der Waals surface area (Å²) in [5.41, 5.74) is 0.779. The molecule has 0 aliphatic heterocycles. The van der Waals surface area contributed by atoms with Gasteiger partial charge in [-0.3, -0.25) is 0 Å². The van der Waals surface area contributed by atoms with Crippen molar-refractivity contribution in [2.45, 2.75) is 0 Å². The summed E-state index contributed by atoms with van der Waals surface area (Å²) in [5.74, 6) is 0. The van der Waals surface area contributed by atoms with Crippen LogP contribution in [-0.2, 0) is 0 Å². The van der Waals surface area contributed by atoms with Crippen LogP contribution in [0.2, 0.25) is 5.02 Å². The summed E-state index contributed by atoms with van der Waals surface area (Å²) in [4.78, 5) is 4.16. The molecule has 0 saturated carbocycles. The summed E-state index contributed by atoms with van der Waals surface area (Å²) in [6.07, 6.45) is 3.76. The summed E-state index contributed by atoms with van der Waals surface area (Å²) < 4.78 is 2.66. The molecule has 2 rings (SSSR count). The monoisotopic (exact) mass is 230 g/mol. The molecular formula is C7H4BrClN2. The number of pyridine rings is 1. The minimum atomic E-state index is 0.665. The minimum absolute atomic E-state index is 0.665. The normalized spacial score (nSPS) is 10.7. The van der Waals surface area contributed by atoms with Gasteiger partial charge in [-0.15, -0.1) is 0 Å². The predicted octanol–water partition coefficient (Wildman–Crippen LogP) is 2.75. The molecule has 2 aromatic heterocycles. The highest BCUT2D eigenvalue weighted by Gasteiger charge is 2.00. The fourth-order valence-electron chi connectivity index (χ4n) is 0.949. The standard InChI is InChI=1S/C7H4BrClN2/c8-6-4-11-3-1-2-5(9)7(11)10-6/h1-4H. The molecule has 0 unspecified atom stereocenters. The van der Waals surface area contributed by atoms with Gasteiger partial charge < -0.3 is 4.40 Å². The maximum Gasteiger partial charge on any atom is 0.156 e. The summed E-state index contributed by atoms with van der Waals surface area (Å²) in [6, 6.07) is 3.69. The van der Waals surface area contributed by atoms with E-state index in [1.807, 2.05) is 28.9 Å². The van der Waals surface area contributed by atoms with E-state index in [0.717, 1.165) is 10.3 Å². The molecule has 0 N–H and O–H groups in total. The Kier molecular flexibility index (Phi) is 1.62. The Morgan fingerprint density at radius 1 is 1.55 bits per heavy atom. The van der Waals surface area contributed by atoms with Crippen molar-refractivity contribution < 1.29 is 0 Å². The van der Waals surface area contributed by atoms with Crippen LogP contribution in [0.4, 0.5) is 0 Å². The molecule has 0 aliphatic carbocycles. The van der Waals surface area contributed by atoms with Crippen LogP contribution in [0.1, 0.15) is 0 Å². The van der Waals surface area contributed by atoms with E-state index >= 15 is 0 Å². The Hall–Kier alpha value is -0.540. The van der Waals surface area contributed by atoms with E-state index in [4.69, 9.17) is 11.6 Å². The predicted molar refractivity (Wildman–Crippen MR) is 47.9 cm³/mol. The topological polar surface area (TPSA) is 17.3 Å². The third kappa shape index (κ3) is 1.14. The van der Waals surface area contributed by atoms with Crippen molar-refractivity contribution in [3.05, 3.63) is 34.2 Å². The van der Waals surface area contributed by atoms with Gasteiger partial charge in [-0.1, -0.05) is 11.6 Å². The van der Waals surface area contributed by atoms with Crippen LogP contribution >= 0.6 is 27.5 Å². The van der Waals surface area contributed by atoms with Crippen molar-refractivity contribution in [1.82, 2.24) is 9.38 Å². The second-order valence-electron chi connectivity index (χ2n) is 2.15. The Morgan fingerprint density at radius 3 is 3.09 bits per heavy atom. The molecule has 4 heteroatoms. The second-order valence-corrected chi connectivity index (χ2v) is 3.37. The molecular weight excluding hydrogens is 227 g/mol. The average Bonchev–Trinajstić information content (AvgIpc) is 2.31. The molecule has 0 aliphatic rings. The fraction of sp³-hybridized carbons (Fsp3) is 0. The first-order valence-corrected chi connectivity index (χ1v) is 4.23. The van der Waals surface area contributed by atoms with Crippen LogP contribution in [0.15, 0.2) is 29.1 Å². The first-order chi connectivity index (χ1) is 5.27. The highest BCUT2D eigenvalue weighted by atomic mass is 79.9. The first kappa shape index (κ1) is 7.13. The zero-order valence-corrected chi connectivity index (χ0v) is 7.80. The molecule has 2 heterocycles. The molecule has 0 saturated heterocycles. The number of hydrogen-bond donors (Lipinski definition) is 0. The number of fused-ring (bicyclic) bond motifs is 1. The van der Waals surface area contributed by atoms with Crippen molar-refractivity contribution in [3.8, 4) is 0 Å². The molecule has 0 spiro atoms. The van der Waals surface area contributed by atoms with Gasteiger partial charge in [0, 0.05) is 12.4 Å². The van der Waals surface area contributed by atoms with Crippen molar-refractivity contribution in [2.24, 2.45) is 0 Å². The van der Waals surface area contributed by atoms with Crippen molar-refractivity contribution in [2.75, 3.05) is 0 Å². The molecule has 0 aromatic carbocycles. The molecule has 11 heavy (non-hydrogen) atoms. The van der Waals surface area contributed by atoms with Crippen molar-refractivity contribution >= 4 is 33.2 Å². The Bertz CT molecular complexity index is 396. The second kappa shape index (κ2) is 2.50. The Labute approximate surface area is 76.9 Å². The van der Waals surface area contributed by atoms with Gasteiger partial charge in [0.15, 0.2) is 5.65 Å². The number of halogens is 2. The van der Waals surface area contributed by atoms with Crippen LogP contribution in [0.25, 0.3) is 5.65 Å². The summed E-state index contributed by atoms with van der Waals surface area (Å²) in [5, 5.41) is 0.665. The zero-order valence-electron chi connectivity index (χ0n) is 5.46. The van der Waals surface area contributed by atoms with E-state index in [1.54, 1.807) is 0 Å². The van der Waals surface area contributed by atoms with Crippen LogP contribution < -0.4 is 0 Å². The summed E-state index contributed by atoms with van der Waals surface area (Å²) >= 11 is 9.13. The van der Waals surface area contributed by atoms with Gasteiger partial charge in [0.2, 0.25) is 0 Å². The van der Waals surface area contributed by atoms with Crippen LogP contribution in [0.5, 0.6) is 0 Å². The number of imidazole rings is 1. The summed E-state index contributed by atoms with van der Waals surface area (Å²) in [7, 11) is 0. The molecule has 56 valence electrons. The van der Waals surface area contributed by atoms with E-state index in [-0.39, 0.29) is 0 Å². The number of nitrogens with zero attached hydrogens (tertiary/aromatic N) is 2. The fourth-order valence-corrected chi connectivity index (χ4v) is 1.55. The van der Waals surface area contributed by atoms with E-state index in [2.05, 4.69) is 20.9 Å². The smallest absolute Gasteiger partial charge is 0.156 e. The third-order valence-electron chi connectivity index (χ3n) is 1.41. The minimum Gasteiger partial charge on any atom is -0.305 e. The number of aromatic nitrogens is 2. The highest BCUT2D eigenvalue weighted by Crippen LogP contribution is 2.18. The van der Waals surface area contributed by atoms with Crippen molar-refractivity contribution in [1.29, 1.82) is 0 Å². The quantitative estimate of drug-likeness (QED) is 0.681. The van der Waals surface area contributed by atoms with E-state index in [1.165, 1.54) is 0 Å². The average molecular weight is 231 g/mol. The largest absolute Gasteiger partial charge is 0.305 e. The van der Waals surface area contributed by atoms with Gasteiger partial charge in [-0.25, -0.2) is 4.98 Å². The molecule has 0 atom stereocenters. The Morgan fingerprint density at radius 2 is 2.36 bits per heavy atom. The molecule has 0 bridgehead atoms. The summed E-state index contributed by atoms with van der Waals surface area (Å²) in [6.45, 7) is 0. The Balaban J connectivity index is 2.90. The van der Waals surface area contributed by atoms with Crippen molar-refractivity contribution in [3.63, 3.8) is 0 Å². The SMILES string of the molecule is Clc1cccn2cc(Br)nc12. The maximum atomic E-state index is 5.87. The molecule has 2 aromatic rings. The highest BCUT2D eigenvalue weighted by molar-refractivity contribution is 9.10. The van der Waals surface area contributed by atoms with Gasteiger partial charge >= 0.3 is 0 Å². The van der Waals surface area contributed by atoms with Crippen LogP contribution in [0, 0.1) is 0 Å². The van der Waals surface area contributed by atoms with Crippen LogP contribution in [-0.4, -0.2) is 9.38 Å². The third-order valence-corrected chi connectivity index (χ3v) is 2.08. The molecule has 2 nitrogen and oxygen atoms in total. The van der Waals surface area contributed by atoms with Gasteiger partial charge in [0.05, 0.1) is 5.02 Å². The lowest BCUT2D eigenvalue weighted by Gasteiger charge is -1.91. The van der Waals surface area contributed by atoms with E-state index < -0.39 is 0 Å². The molecule has 0 fully saturated rings. The maximum absolute atomic E-state index is 5.87. The zero-order chi connectivity index (χ0) is 7.84. The first-order valence-electron chi connectivity index (χ1n) is 3.06. The van der Waals surface area contributed by atoms with Gasteiger partial charge in [0.25, 0.3) is 0 Å². The lowest BCUT2D eigenvalue weighted by Crippen LogP contribution is -1.80. The van der Waals surface area contributed by atoms with Crippen LogP contribution in [0.3, 0.4) is 0 Å². The van der Waals surface area contributed by atoms with Gasteiger partial charge in [0.1, 0.15) is 4.60 Å². The van der Waals surface area contributed by atoms with Gasteiger partial charge in [-0.2, -0.15) is 0 Å². The molecule has 0 amide bonds. The van der Waals surface area contributed by atoms with E-state index in [9.17, 15) is 0 Å². The lowest BCUT2D eigenvalue weighted by atomic mass is 10.5. The number of rotatable bonds is 0.